The van der Waals surface area contributed by atoms with Crippen molar-refractivity contribution in [2.45, 2.75) is 69.2 Å². The first kappa shape index (κ1) is 25.8. The number of amides is 2. The molecule has 1 saturated heterocycles. The summed E-state index contributed by atoms with van der Waals surface area (Å²) in [4.78, 5) is 31.0. The molecule has 3 aromatic rings. The van der Waals surface area contributed by atoms with Crippen LogP contribution in [0, 0.1) is 5.82 Å². The minimum absolute atomic E-state index is 0.00653. The van der Waals surface area contributed by atoms with Gasteiger partial charge in [0, 0.05) is 42.6 Å². The number of urea groups is 1. The molecule has 4 heterocycles. The first-order valence-electron chi connectivity index (χ1n) is 13.2. The van der Waals surface area contributed by atoms with Gasteiger partial charge in [0.05, 0.1) is 28.5 Å². The predicted octanol–water partition coefficient (Wildman–Crippen LogP) is 5.25. The normalized spacial score (nSPS) is 23.8. The molecule has 2 fully saturated rings. The van der Waals surface area contributed by atoms with Crippen molar-refractivity contribution in [1.29, 1.82) is 0 Å². The number of anilines is 1. The van der Waals surface area contributed by atoms with Gasteiger partial charge in [0.15, 0.2) is 0 Å². The Hall–Kier alpha value is -3.50. The van der Waals surface area contributed by atoms with E-state index in [0.29, 0.717) is 35.2 Å². The van der Waals surface area contributed by atoms with E-state index in [0.717, 1.165) is 44.1 Å². The van der Waals surface area contributed by atoms with Gasteiger partial charge in [-0.15, -0.1) is 0 Å². The third kappa shape index (κ3) is 5.10. The van der Waals surface area contributed by atoms with Crippen LogP contribution in [0.15, 0.2) is 41.3 Å². The highest BCUT2D eigenvalue weighted by Crippen LogP contribution is 2.43. The van der Waals surface area contributed by atoms with Crippen molar-refractivity contribution < 1.29 is 18.7 Å². The van der Waals surface area contributed by atoms with Crippen molar-refractivity contribution in [3.05, 3.63) is 69.0 Å². The number of halogens is 2. The van der Waals surface area contributed by atoms with Crippen LogP contribution >= 0.6 is 11.6 Å². The smallest absolute Gasteiger partial charge is 0.322 e. The summed E-state index contributed by atoms with van der Waals surface area (Å²) in [5.41, 5.74) is 2.38. The average Bonchev–Trinajstić information content (AvgIpc) is 3.26. The molecule has 0 radical (unpaired) electrons. The molecular weight excluding hydrogens is 525 g/mol. The van der Waals surface area contributed by atoms with Gasteiger partial charge in [-0.3, -0.25) is 4.79 Å². The van der Waals surface area contributed by atoms with Gasteiger partial charge in [-0.1, -0.05) is 11.6 Å². The average molecular weight is 554 g/mol. The summed E-state index contributed by atoms with van der Waals surface area (Å²) in [6.45, 7) is 0. The van der Waals surface area contributed by atoms with Gasteiger partial charge in [0.1, 0.15) is 11.9 Å². The van der Waals surface area contributed by atoms with E-state index < -0.39 is 11.8 Å². The van der Waals surface area contributed by atoms with E-state index in [1.54, 1.807) is 36.4 Å². The Morgan fingerprint density at radius 1 is 1.13 bits per heavy atom. The summed E-state index contributed by atoms with van der Waals surface area (Å²) in [5, 5.41) is 9.61. The summed E-state index contributed by atoms with van der Waals surface area (Å²) in [7, 11) is 1.74. The number of benzene rings is 1. The van der Waals surface area contributed by atoms with Crippen LogP contribution < -0.4 is 15.6 Å². The Morgan fingerprint density at radius 2 is 1.92 bits per heavy atom. The lowest BCUT2D eigenvalue weighted by Gasteiger charge is -2.35. The summed E-state index contributed by atoms with van der Waals surface area (Å²) >= 11 is 6.53. The number of carbonyl (C=O) groups is 1. The number of ether oxygens (including phenoxy) is 2. The molecule has 39 heavy (non-hydrogen) atoms. The van der Waals surface area contributed by atoms with Gasteiger partial charge in [0.25, 0.3) is 5.56 Å². The third-order valence-electron chi connectivity index (χ3n) is 8.02. The molecule has 2 amide bonds. The highest BCUT2D eigenvalue weighted by molar-refractivity contribution is 6.33. The molecule has 1 saturated carbocycles. The molecule has 2 bridgehead atoms. The third-order valence-corrected chi connectivity index (χ3v) is 8.33. The Balaban J connectivity index is 1.14. The van der Waals surface area contributed by atoms with E-state index in [1.807, 2.05) is 0 Å². The van der Waals surface area contributed by atoms with Crippen LogP contribution in [-0.2, 0) is 11.2 Å². The molecule has 3 aliphatic rings. The van der Waals surface area contributed by atoms with E-state index in [2.05, 4.69) is 20.5 Å². The number of nitrogens with zero attached hydrogens (tertiary/aromatic N) is 3. The second-order valence-electron chi connectivity index (χ2n) is 10.4. The minimum Gasteiger partial charge on any atom is -0.474 e. The molecule has 0 spiro atoms. The van der Waals surface area contributed by atoms with Crippen LogP contribution in [0.2, 0.25) is 5.02 Å². The topological polar surface area (TPSA) is 109 Å². The van der Waals surface area contributed by atoms with Crippen LogP contribution in [0.4, 0.5) is 14.9 Å². The zero-order valence-corrected chi connectivity index (χ0v) is 22.2. The maximum Gasteiger partial charge on any atom is 0.322 e. The van der Waals surface area contributed by atoms with Gasteiger partial charge in [-0.25, -0.2) is 19.3 Å². The number of pyridine rings is 1. The lowest BCUT2D eigenvalue weighted by molar-refractivity contribution is 0.0314. The number of hydrogen-bond donors (Lipinski definition) is 2. The molecule has 2 aliphatic heterocycles. The van der Waals surface area contributed by atoms with Crippen molar-refractivity contribution in [2.75, 3.05) is 12.4 Å². The number of carbonyl (C=O) groups excluding carboxylic acids is 1. The van der Waals surface area contributed by atoms with Crippen LogP contribution in [0.3, 0.4) is 0 Å². The molecule has 9 nitrogen and oxygen atoms in total. The quantitative estimate of drug-likeness (QED) is 0.446. The van der Waals surface area contributed by atoms with E-state index in [4.69, 9.17) is 21.1 Å². The van der Waals surface area contributed by atoms with Crippen molar-refractivity contribution in [1.82, 2.24) is 20.1 Å². The maximum atomic E-state index is 15.2. The lowest BCUT2D eigenvalue weighted by atomic mass is 9.95. The molecule has 2 aromatic heterocycles. The number of nitrogens with one attached hydrogen (secondary N) is 2. The Morgan fingerprint density at radius 3 is 2.67 bits per heavy atom. The van der Waals surface area contributed by atoms with Crippen LogP contribution in [-0.4, -0.2) is 51.5 Å². The fourth-order valence-electron chi connectivity index (χ4n) is 6.03. The fourth-order valence-corrected chi connectivity index (χ4v) is 6.30. The molecule has 204 valence electrons. The van der Waals surface area contributed by atoms with Gasteiger partial charge in [-0.05, 0) is 68.7 Å². The van der Waals surface area contributed by atoms with Crippen molar-refractivity contribution >= 4 is 23.3 Å². The zero-order chi connectivity index (χ0) is 27.1. The van der Waals surface area contributed by atoms with Crippen LogP contribution in [0.1, 0.15) is 55.8 Å². The van der Waals surface area contributed by atoms with Crippen molar-refractivity contribution in [3.63, 3.8) is 0 Å². The van der Waals surface area contributed by atoms with E-state index in [9.17, 15) is 9.59 Å². The molecular formula is C28H29ClFN5O4. The molecule has 2 atom stereocenters. The second kappa shape index (κ2) is 10.6. The fraction of sp³-hybridized carbons (Fsp3) is 0.429. The highest BCUT2D eigenvalue weighted by Gasteiger charge is 2.44. The second-order valence-corrected chi connectivity index (χ2v) is 10.8. The largest absolute Gasteiger partial charge is 0.474 e. The number of aromatic nitrogens is 3. The number of H-pyrrole nitrogens is 1. The molecule has 6 rings (SSSR count). The first-order valence-corrected chi connectivity index (χ1v) is 13.6. The highest BCUT2D eigenvalue weighted by atomic mass is 35.5. The number of rotatable bonds is 5. The predicted molar refractivity (Wildman–Crippen MR) is 144 cm³/mol. The van der Waals surface area contributed by atoms with Gasteiger partial charge in [0.2, 0.25) is 5.88 Å². The number of fused-ring (bicyclic) bond motifs is 4. The Labute approximate surface area is 229 Å². The van der Waals surface area contributed by atoms with E-state index in [1.165, 1.54) is 12.1 Å². The molecule has 2 N–H and O–H groups in total. The van der Waals surface area contributed by atoms with Gasteiger partial charge < -0.3 is 19.7 Å². The van der Waals surface area contributed by atoms with Gasteiger partial charge >= 0.3 is 6.03 Å². The summed E-state index contributed by atoms with van der Waals surface area (Å²) in [5.74, 6) is -0.0958. The lowest BCUT2D eigenvalue weighted by Crippen LogP contribution is -2.45. The summed E-state index contributed by atoms with van der Waals surface area (Å²) in [6, 6.07) is 7.04. The van der Waals surface area contributed by atoms with Crippen molar-refractivity contribution in [2.24, 2.45) is 0 Å². The maximum absolute atomic E-state index is 15.2. The monoisotopic (exact) mass is 553 g/mol. The molecule has 11 heteroatoms. The van der Waals surface area contributed by atoms with E-state index in [-0.39, 0.29) is 34.5 Å². The Kier molecular flexibility index (Phi) is 6.99. The first-order chi connectivity index (χ1) is 18.9. The number of aromatic amines is 1. The van der Waals surface area contributed by atoms with Crippen molar-refractivity contribution in [3.8, 4) is 17.0 Å². The molecule has 1 aromatic carbocycles. The van der Waals surface area contributed by atoms with Crippen LogP contribution in [0.25, 0.3) is 11.1 Å². The molecule has 1 aliphatic carbocycles. The van der Waals surface area contributed by atoms with Crippen LogP contribution in [0.5, 0.6) is 5.88 Å². The molecule has 0 unspecified atom stereocenters. The Bertz CT molecular complexity index is 1440. The number of hydrogen-bond acceptors (Lipinski definition) is 6. The summed E-state index contributed by atoms with van der Waals surface area (Å²) in [6.07, 6.45) is 7.79. The summed E-state index contributed by atoms with van der Waals surface area (Å²) < 4.78 is 26.6. The zero-order valence-electron chi connectivity index (χ0n) is 21.5. The minimum atomic E-state index is -0.606. The van der Waals surface area contributed by atoms with E-state index >= 15 is 4.39 Å². The SMILES string of the molecule is CO[C@H]1CC[C@@H](Oc2ccc(-c3cc(F)c(NC(=O)N4[C@H]5CC[C@@H]4c4n[nH]c(=O)cc4C5)cc3Cl)cn2)CC1. The standard InChI is InChI=1S/C28H29ClFN5O4/c1-38-18-4-6-19(7-5-18)39-26-9-2-15(14-31-26)20-12-22(30)23(13-21(20)29)32-28(37)35-17-3-8-24(35)27-16(10-17)11-25(36)33-34-27/h2,9,11-14,17-19,24H,3-8,10H2,1H3,(H,32,37)(H,33,36)/t17-,18-,19+,24+/m0/s1. The number of methoxy groups -OCH3 is 1. The van der Waals surface area contributed by atoms with Gasteiger partial charge in [-0.2, -0.15) is 5.10 Å².